The van der Waals surface area contributed by atoms with Crippen LogP contribution in [0.1, 0.15) is 20.2 Å². The highest BCUT2D eigenvalue weighted by molar-refractivity contribution is 7.13. The fourth-order valence-electron chi connectivity index (χ4n) is 1.17. The maximum atomic E-state index is 10.6. The molecule has 0 saturated heterocycles. The number of hydrogen-bond donors (Lipinski definition) is 1. The summed E-state index contributed by atoms with van der Waals surface area (Å²) < 4.78 is 0. The fourth-order valence-corrected chi connectivity index (χ4v) is 1.96. The van der Waals surface area contributed by atoms with Crippen LogP contribution in [0.4, 0.5) is 0 Å². The quantitative estimate of drug-likeness (QED) is 0.857. The van der Waals surface area contributed by atoms with Crippen LogP contribution in [-0.4, -0.2) is 21.0 Å². The lowest BCUT2D eigenvalue weighted by Gasteiger charge is -1.94. The van der Waals surface area contributed by atoms with Crippen molar-refractivity contribution in [2.75, 3.05) is 0 Å². The summed E-state index contributed by atoms with van der Waals surface area (Å²) in [5.41, 5.74) is 1.08. The summed E-state index contributed by atoms with van der Waals surface area (Å²) in [4.78, 5) is 18.9. The summed E-state index contributed by atoms with van der Waals surface area (Å²) in [5, 5.41) is 9.53. The fraction of sp³-hybridized carbons (Fsp3) is 0.100. The third-order valence-corrected chi connectivity index (χ3v) is 2.85. The first-order valence-corrected chi connectivity index (χ1v) is 5.14. The van der Waals surface area contributed by atoms with Crippen LogP contribution in [-0.2, 0) is 6.42 Å². The van der Waals surface area contributed by atoms with Gasteiger partial charge >= 0.3 is 5.97 Å². The van der Waals surface area contributed by atoms with E-state index in [0.29, 0.717) is 6.42 Å². The smallest absolute Gasteiger partial charge is 0.347 e. The van der Waals surface area contributed by atoms with Crippen LogP contribution < -0.4 is 0 Å². The first kappa shape index (κ1) is 9.79. The second-order valence-corrected chi connectivity index (χ2v) is 4.07. The van der Waals surface area contributed by atoms with Gasteiger partial charge in [0.2, 0.25) is 0 Å². The van der Waals surface area contributed by atoms with Gasteiger partial charge in [-0.1, -0.05) is 0 Å². The third-order valence-electron chi connectivity index (χ3n) is 1.87. The third kappa shape index (κ3) is 2.38. The van der Waals surface area contributed by atoms with Crippen molar-refractivity contribution in [2.45, 2.75) is 6.42 Å². The van der Waals surface area contributed by atoms with Crippen molar-refractivity contribution in [1.82, 2.24) is 9.97 Å². The number of aromatic nitrogens is 2. The Balaban J connectivity index is 2.15. The average molecular weight is 220 g/mol. The maximum Gasteiger partial charge on any atom is 0.347 e. The van der Waals surface area contributed by atoms with E-state index in [0.717, 1.165) is 10.6 Å². The van der Waals surface area contributed by atoms with Gasteiger partial charge in [0, 0.05) is 18.8 Å². The molecule has 0 unspecified atom stereocenters. The molecule has 2 heterocycles. The van der Waals surface area contributed by atoms with Crippen molar-refractivity contribution in [3.05, 3.63) is 46.2 Å². The van der Waals surface area contributed by atoms with Gasteiger partial charge in [-0.15, -0.1) is 11.3 Å². The summed E-state index contributed by atoms with van der Waals surface area (Å²) in [5.74, 6) is -0.923. The van der Waals surface area contributed by atoms with Crippen LogP contribution in [0.25, 0.3) is 0 Å². The Labute approximate surface area is 90.3 Å². The lowest BCUT2D eigenvalue weighted by atomic mass is 10.2. The number of aromatic carboxylic acids is 1. The molecule has 0 bridgehead atoms. The lowest BCUT2D eigenvalue weighted by Crippen LogP contribution is -1.89. The van der Waals surface area contributed by atoms with E-state index in [1.54, 1.807) is 12.4 Å². The zero-order chi connectivity index (χ0) is 10.7. The number of carboxylic acids is 1. The summed E-state index contributed by atoms with van der Waals surface area (Å²) in [6.07, 6.45) is 5.46. The topological polar surface area (TPSA) is 63.1 Å². The van der Waals surface area contributed by atoms with Crippen LogP contribution in [0.5, 0.6) is 0 Å². The average Bonchev–Trinajstić information content (AvgIpc) is 2.68. The highest BCUT2D eigenvalue weighted by atomic mass is 32.1. The molecule has 0 aromatic carbocycles. The number of pyridine rings is 1. The SMILES string of the molecule is O=C(O)c1cnc(Cc2ccncc2)s1. The Kier molecular flexibility index (Phi) is 2.73. The highest BCUT2D eigenvalue weighted by Gasteiger charge is 2.08. The van der Waals surface area contributed by atoms with Crippen LogP contribution in [0.3, 0.4) is 0 Å². The molecule has 15 heavy (non-hydrogen) atoms. The first-order valence-electron chi connectivity index (χ1n) is 4.32. The molecule has 0 fully saturated rings. The molecule has 1 N–H and O–H groups in total. The molecule has 0 spiro atoms. The van der Waals surface area contributed by atoms with Gasteiger partial charge in [0.15, 0.2) is 0 Å². The van der Waals surface area contributed by atoms with Crippen LogP contribution >= 0.6 is 11.3 Å². The molecular weight excluding hydrogens is 212 g/mol. The molecule has 0 aliphatic rings. The number of carboxylic acid groups (broad SMARTS) is 1. The van der Waals surface area contributed by atoms with Crippen LogP contribution in [0.2, 0.25) is 0 Å². The molecular formula is C10H8N2O2S. The Hall–Kier alpha value is -1.75. The Morgan fingerprint density at radius 1 is 1.40 bits per heavy atom. The molecule has 0 aliphatic carbocycles. The van der Waals surface area contributed by atoms with Gasteiger partial charge in [-0.2, -0.15) is 0 Å². The van der Waals surface area contributed by atoms with E-state index in [9.17, 15) is 4.79 Å². The Morgan fingerprint density at radius 2 is 2.13 bits per heavy atom. The minimum Gasteiger partial charge on any atom is -0.477 e. The summed E-state index contributed by atoms with van der Waals surface area (Å²) in [7, 11) is 0. The van der Waals surface area contributed by atoms with Gasteiger partial charge in [-0.25, -0.2) is 9.78 Å². The molecule has 0 radical (unpaired) electrons. The van der Waals surface area contributed by atoms with Crippen molar-refractivity contribution in [2.24, 2.45) is 0 Å². The zero-order valence-electron chi connectivity index (χ0n) is 7.75. The number of nitrogens with zero attached hydrogens (tertiary/aromatic N) is 2. The van der Waals surface area contributed by atoms with Crippen molar-refractivity contribution < 1.29 is 9.90 Å². The Morgan fingerprint density at radius 3 is 2.73 bits per heavy atom. The predicted molar refractivity (Wildman–Crippen MR) is 56.1 cm³/mol. The highest BCUT2D eigenvalue weighted by Crippen LogP contribution is 2.16. The second-order valence-electron chi connectivity index (χ2n) is 2.96. The monoisotopic (exact) mass is 220 g/mol. The van der Waals surface area contributed by atoms with Gasteiger partial charge < -0.3 is 5.11 Å². The van der Waals surface area contributed by atoms with Gasteiger partial charge in [0.1, 0.15) is 4.88 Å². The molecule has 2 aromatic heterocycles. The van der Waals surface area contributed by atoms with Gasteiger partial charge in [-0.05, 0) is 17.7 Å². The largest absolute Gasteiger partial charge is 0.477 e. The minimum atomic E-state index is -0.923. The van der Waals surface area contributed by atoms with Crippen molar-refractivity contribution in [1.29, 1.82) is 0 Å². The number of thiazole rings is 1. The molecule has 0 aliphatic heterocycles. The van der Waals surface area contributed by atoms with Gasteiger partial charge in [-0.3, -0.25) is 4.98 Å². The van der Waals surface area contributed by atoms with Crippen molar-refractivity contribution >= 4 is 17.3 Å². The van der Waals surface area contributed by atoms with Crippen LogP contribution in [0.15, 0.2) is 30.7 Å². The molecule has 2 rings (SSSR count). The molecule has 0 atom stereocenters. The zero-order valence-corrected chi connectivity index (χ0v) is 8.57. The normalized spacial score (nSPS) is 10.1. The molecule has 0 amide bonds. The molecule has 4 nitrogen and oxygen atoms in total. The van der Waals surface area contributed by atoms with E-state index in [1.807, 2.05) is 12.1 Å². The minimum absolute atomic E-state index is 0.277. The van der Waals surface area contributed by atoms with Gasteiger partial charge in [0.05, 0.1) is 11.2 Å². The van der Waals surface area contributed by atoms with Gasteiger partial charge in [0.25, 0.3) is 0 Å². The summed E-state index contributed by atoms with van der Waals surface area (Å²) in [6.45, 7) is 0. The molecule has 2 aromatic rings. The van der Waals surface area contributed by atoms with Crippen molar-refractivity contribution in [3.8, 4) is 0 Å². The van der Waals surface area contributed by atoms with E-state index in [2.05, 4.69) is 9.97 Å². The summed E-state index contributed by atoms with van der Waals surface area (Å²) >= 11 is 1.20. The standard InChI is InChI=1S/C10H8N2O2S/c13-10(14)8-6-12-9(15-8)5-7-1-3-11-4-2-7/h1-4,6H,5H2,(H,13,14). The van der Waals surface area contributed by atoms with E-state index in [-0.39, 0.29) is 4.88 Å². The lowest BCUT2D eigenvalue weighted by molar-refractivity contribution is 0.0702. The van der Waals surface area contributed by atoms with E-state index in [4.69, 9.17) is 5.11 Å². The Bertz CT molecular complexity index is 467. The first-order chi connectivity index (χ1) is 7.25. The second kappa shape index (κ2) is 4.18. The number of hydrogen-bond acceptors (Lipinski definition) is 4. The van der Waals surface area contributed by atoms with E-state index < -0.39 is 5.97 Å². The molecule has 5 heteroatoms. The summed E-state index contributed by atoms with van der Waals surface area (Å²) in [6, 6.07) is 3.78. The number of carbonyl (C=O) groups is 1. The van der Waals surface area contributed by atoms with Crippen molar-refractivity contribution in [3.63, 3.8) is 0 Å². The van der Waals surface area contributed by atoms with E-state index >= 15 is 0 Å². The molecule has 0 saturated carbocycles. The maximum absolute atomic E-state index is 10.6. The molecule has 76 valence electrons. The van der Waals surface area contributed by atoms with E-state index in [1.165, 1.54) is 17.5 Å². The predicted octanol–water partition coefficient (Wildman–Crippen LogP) is 1.83. The number of rotatable bonds is 3. The van der Waals surface area contributed by atoms with Crippen LogP contribution in [0, 0.1) is 0 Å².